The molecule has 1 N–H and O–H groups in total. The van der Waals surface area contributed by atoms with Crippen molar-refractivity contribution in [3.8, 4) is 5.75 Å². The van der Waals surface area contributed by atoms with Crippen molar-refractivity contribution in [1.82, 2.24) is 14.8 Å². The number of rotatable bonds is 8. The molecule has 0 saturated heterocycles. The minimum atomic E-state index is -1.86. The highest BCUT2D eigenvalue weighted by Gasteiger charge is 2.34. The van der Waals surface area contributed by atoms with E-state index in [1.54, 1.807) is 48.5 Å². The lowest BCUT2D eigenvalue weighted by Gasteiger charge is -2.29. The van der Waals surface area contributed by atoms with Crippen LogP contribution in [0.25, 0.3) is 0 Å². The van der Waals surface area contributed by atoms with E-state index in [-0.39, 0.29) is 24.5 Å². The Morgan fingerprint density at radius 2 is 1.72 bits per heavy atom. The van der Waals surface area contributed by atoms with Crippen molar-refractivity contribution in [3.05, 3.63) is 114 Å². The van der Waals surface area contributed by atoms with Gasteiger partial charge < -0.3 is 9.84 Å². The van der Waals surface area contributed by atoms with Gasteiger partial charge in [-0.2, -0.15) is 5.10 Å². The maximum absolute atomic E-state index is 14.5. The van der Waals surface area contributed by atoms with Gasteiger partial charge in [-0.15, -0.1) is 0 Å². The molecule has 3 aromatic carbocycles. The molecule has 1 atom stereocenters. The van der Waals surface area contributed by atoms with Crippen LogP contribution in [-0.2, 0) is 12.1 Å². The lowest BCUT2D eigenvalue weighted by molar-refractivity contribution is -0.0297. The van der Waals surface area contributed by atoms with Crippen molar-refractivity contribution in [2.45, 2.75) is 12.1 Å². The molecule has 8 heteroatoms. The molecule has 0 aliphatic carbocycles. The summed E-state index contributed by atoms with van der Waals surface area (Å²) >= 11 is 0. The Labute approximate surface area is 182 Å². The minimum Gasteiger partial charge on any atom is -0.490 e. The summed E-state index contributed by atoms with van der Waals surface area (Å²) in [7, 11) is 0. The standard InChI is InChI=1S/C24H19F2N3O3/c25-19-8-11-21(22(26)12-19)24(31,13-29-16-27-15-28-29)14-32-20-9-6-18(7-10-20)23(30)17-4-2-1-3-5-17/h1-12,15-16,31H,13-14H2. The quantitative estimate of drug-likeness (QED) is 0.427. The zero-order chi connectivity index (χ0) is 22.6. The largest absolute Gasteiger partial charge is 0.490 e. The van der Waals surface area contributed by atoms with Crippen LogP contribution in [0.15, 0.2) is 85.5 Å². The zero-order valence-corrected chi connectivity index (χ0v) is 16.9. The predicted molar refractivity (Wildman–Crippen MR) is 112 cm³/mol. The van der Waals surface area contributed by atoms with Crippen LogP contribution in [0.3, 0.4) is 0 Å². The van der Waals surface area contributed by atoms with Crippen LogP contribution in [0.1, 0.15) is 21.5 Å². The molecule has 0 amide bonds. The Bertz CT molecular complexity index is 1200. The molecular formula is C24H19F2N3O3. The summed E-state index contributed by atoms with van der Waals surface area (Å²) in [6.45, 7) is -0.512. The van der Waals surface area contributed by atoms with Crippen molar-refractivity contribution in [3.63, 3.8) is 0 Å². The first kappa shape index (κ1) is 21.3. The molecule has 6 nitrogen and oxygen atoms in total. The van der Waals surface area contributed by atoms with Gasteiger partial charge in [0, 0.05) is 22.8 Å². The van der Waals surface area contributed by atoms with Crippen LogP contribution in [0, 0.1) is 11.6 Å². The normalized spacial score (nSPS) is 12.8. The van der Waals surface area contributed by atoms with Crippen molar-refractivity contribution < 1.29 is 23.4 Å². The van der Waals surface area contributed by atoms with Gasteiger partial charge in [0.15, 0.2) is 5.78 Å². The monoisotopic (exact) mass is 435 g/mol. The summed E-state index contributed by atoms with van der Waals surface area (Å²) in [5, 5.41) is 15.2. The smallest absolute Gasteiger partial charge is 0.193 e. The Kier molecular flexibility index (Phi) is 6.04. The fraction of sp³-hybridized carbons (Fsp3) is 0.125. The Morgan fingerprint density at radius 1 is 1.00 bits per heavy atom. The average molecular weight is 435 g/mol. The van der Waals surface area contributed by atoms with Crippen LogP contribution in [0.2, 0.25) is 0 Å². The number of ether oxygens (including phenoxy) is 1. The number of aromatic nitrogens is 3. The molecule has 162 valence electrons. The highest BCUT2D eigenvalue weighted by molar-refractivity contribution is 6.08. The average Bonchev–Trinajstić information content (AvgIpc) is 3.31. The van der Waals surface area contributed by atoms with Crippen LogP contribution in [0.5, 0.6) is 5.75 Å². The first-order valence-electron chi connectivity index (χ1n) is 9.77. The van der Waals surface area contributed by atoms with Crippen LogP contribution >= 0.6 is 0 Å². The topological polar surface area (TPSA) is 77.2 Å². The van der Waals surface area contributed by atoms with E-state index in [0.29, 0.717) is 22.9 Å². The number of nitrogens with zero attached hydrogens (tertiary/aromatic N) is 3. The lowest BCUT2D eigenvalue weighted by Crippen LogP contribution is -2.39. The molecule has 4 aromatic rings. The zero-order valence-electron chi connectivity index (χ0n) is 16.9. The van der Waals surface area contributed by atoms with E-state index in [2.05, 4.69) is 10.1 Å². The minimum absolute atomic E-state index is 0.131. The molecule has 32 heavy (non-hydrogen) atoms. The van der Waals surface area contributed by atoms with Crippen molar-refractivity contribution >= 4 is 5.78 Å². The number of benzene rings is 3. The Balaban J connectivity index is 1.53. The molecule has 0 aliphatic heterocycles. The number of aliphatic hydroxyl groups is 1. The van der Waals surface area contributed by atoms with Gasteiger partial charge in [-0.1, -0.05) is 36.4 Å². The van der Waals surface area contributed by atoms with Gasteiger partial charge in [0.2, 0.25) is 0 Å². The second kappa shape index (κ2) is 9.07. The van der Waals surface area contributed by atoms with Gasteiger partial charge in [-0.3, -0.25) is 4.79 Å². The highest BCUT2D eigenvalue weighted by atomic mass is 19.1. The van der Waals surface area contributed by atoms with E-state index < -0.39 is 17.2 Å². The SMILES string of the molecule is O=C(c1ccccc1)c1ccc(OCC(O)(Cn2cncn2)c2ccc(F)cc2F)cc1. The van der Waals surface area contributed by atoms with E-state index >= 15 is 0 Å². The summed E-state index contributed by atoms with van der Waals surface area (Å²) in [4.78, 5) is 16.4. The number of hydrogen-bond donors (Lipinski definition) is 1. The summed E-state index contributed by atoms with van der Waals surface area (Å²) in [6, 6.07) is 18.2. The molecule has 0 saturated carbocycles. The van der Waals surface area contributed by atoms with E-state index in [4.69, 9.17) is 4.74 Å². The molecule has 0 bridgehead atoms. The number of halogens is 2. The third kappa shape index (κ3) is 4.70. The lowest BCUT2D eigenvalue weighted by atomic mass is 9.94. The summed E-state index contributed by atoms with van der Waals surface area (Å²) in [5.74, 6) is -1.42. The van der Waals surface area contributed by atoms with Crippen molar-refractivity contribution in [2.24, 2.45) is 0 Å². The summed E-state index contributed by atoms with van der Waals surface area (Å²) in [6.07, 6.45) is 2.65. The van der Waals surface area contributed by atoms with Gasteiger partial charge in [0.05, 0.1) is 6.54 Å². The molecule has 1 aromatic heterocycles. The first-order chi connectivity index (χ1) is 15.4. The van der Waals surface area contributed by atoms with Crippen LogP contribution < -0.4 is 4.74 Å². The molecule has 1 heterocycles. The van der Waals surface area contributed by atoms with E-state index in [1.165, 1.54) is 23.4 Å². The van der Waals surface area contributed by atoms with Crippen LogP contribution in [-0.4, -0.2) is 32.3 Å². The third-order valence-electron chi connectivity index (χ3n) is 4.95. The van der Waals surface area contributed by atoms with Gasteiger partial charge >= 0.3 is 0 Å². The molecule has 0 aliphatic rings. The van der Waals surface area contributed by atoms with Gasteiger partial charge in [-0.05, 0) is 30.3 Å². The predicted octanol–water partition coefficient (Wildman–Crippen LogP) is 3.75. The van der Waals surface area contributed by atoms with Crippen LogP contribution in [0.4, 0.5) is 8.78 Å². The number of carbonyl (C=O) groups is 1. The number of carbonyl (C=O) groups excluding carboxylic acids is 1. The summed E-state index contributed by atoms with van der Waals surface area (Å²) in [5.41, 5.74) is -0.948. The third-order valence-corrected chi connectivity index (χ3v) is 4.95. The van der Waals surface area contributed by atoms with Gasteiger partial charge in [0.1, 0.15) is 42.2 Å². The fourth-order valence-corrected chi connectivity index (χ4v) is 3.32. The van der Waals surface area contributed by atoms with E-state index in [1.807, 2.05) is 6.07 Å². The molecule has 0 spiro atoms. The summed E-state index contributed by atoms with van der Waals surface area (Å²) < 4.78 is 34.9. The molecule has 0 radical (unpaired) electrons. The molecule has 1 unspecified atom stereocenters. The van der Waals surface area contributed by atoms with Gasteiger partial charge in [-0.25, -0.2) is 18.4 Å². The first-order valence-corrected chi connectivity index (χ1v) is 9.77. The number of hydrogen-bond acceptors (Lipinski definition) is 5. The highest BCUT2D eigenvalue weighted by Crippen LogP contribution is 2.28. The van der Waals surface area contributed by atoms with E-state index in [0.717, 1.165) is 6.07 Å². The van der Waals surface area contributed by atoms with Gasteiger partial charge in [0.25, 0.3) is 0 Å². The Hall–Kier alpha value is -3.91. The Morgan fingerprint density at radius 3 is 2.38 bits per heavy atom. The van der Waals surface area contributed by atoms with Crippen molar-refractivity contribution in [2.75, 3.05) is 6.61 Å². The maximum atomic E-state index is 14.5. The molecule has 0 fully saturated rings. The van der Waals surface area contributed by atoms with E-state index in [9.17, 15) is 18.7 Å². The second-order valence-corrected chi connectivity index (χ2v) is 7.26. The molecular weight excluding hydrogens is 416 g/mol. The fourth-order valence-electron chi connectivity index (χ4n) is 3.32. The molecule has 4 rings (SSSR count). The second-order valence-electron chi connectivity index (χ2n) is 7.26. The van der Waals surface area contributed by atoms with Crippen molar-refractivity contribution in [1.29, 1.82) is 0 Å². The maximum Gasteiger partial charge on any atom is 0.193 e. The number of ketones is 1.